The van der Waals surface area contributed by atoms with Gasteiger partial charge >= 0.3 is 0 Å². The monoisotopic (exact) mass is 286 g/mol. The van der Waals surface area contributed by atoms with E-state index in [1.807, 2.05) is 12.1 Å². The lowest BCUT2D eigenvalue weighted by Gasteiger charge is -2.55. The highest BCUT2D eigenvalue weighted by Gasteiger charge is 2.54. The van der Waals surface area contributed by atoms with E-state index in [1.165, 1.54) is 19.3 Å². The van der Waals surface area contributed by atoms with Gasteiger partial charge in [0.05, 0.1) is 12.5 Å². The zero-order valence-electron chi connectivity index (χ0n) is 12.5. The van der Waals surface area contributed by atoms with Gasteiger partial charge in [-0.3, -0.25) is 4.79 Å². The van der Waals surface area contributed by atoms with Crippen LogP contribution in [0.2, 0.25) is 0 Å². The van der Waals surface area contributed by atoms with Gasteiger partial charge < -0.3 is 10.1 Å². The molecule has 112 valence electrons. The standard InChI is InChI=1S/C17H22N2O2/c1-21-14-3-2-4-18-15(14)19-16(20)17-8-11-5-12(9-17)7-13(6-11)10-17/h2-4,11-13H,5-10H2,1H3,(H,18,19,20). The molecule has 0 radical (unpaired) electrons. The van der Waals surface area contributed by atoms with Gasteiger partial charge in [0.15, 0.2) is 11.6 Å². The molecule has 4 aliphatic rings. The molecule has 1 aromatic heterocycles. The Hall–Kier alpha value is -1.58. The van der Waals surface area contributed by atoms with Crippen molar-refractivity contribution in [3.8, 4) is 5.75 Å². The van der Waals surface area contributed by atoms with Gasteiger partial charge in [-0.1, -0.05) is 0 Å². The van der Waals surface area contributed by atoms with E-state index in [-0.39, 0.29) is 11.3 Å². The fraction of sp³-hybridized carbons (Fsp3) is 0.647. The minimum atomic E-state index is -0.142. The van der Waals surface area contributed by atoms with E-state index in [2.05, 4.69) is 10.3 Å². The first-order valence-corrected chi connectivity index (χ1v) is 7.99. The average Bonchev–Trinajstić information content (AvgIpc) is 2.46. The van der Waals surface area contributed by atoms with E-state index < -0.39 is 0 Å². The van der Waals surface area contributed by atoms with Gasteiger partial charge in [-0.25, -0.2) is 4.98 Å². The summed E-state index contributed by atoms with van der Waals surface area (Å²) < 4.78 is 5.29. The van der Waals surface area contributed by atoms with Crippen molar-refractivity contribution < 1.29 is 9.53 Å². The molecule has 0 spiro atoms. The van der Waals surface area contributed by atoms with Crippen LogP contribution in [0, 0.1) is 23.2 Å². The van der Waals surface area contributed by atoms with E-state index in [0.29, 0.717) is 11.6 Å². The van der Waals surface area contributed by atoms with Gasteiger partial charge in [0, 0.05) is 6.20 Å². The van der Waals surface area contributed by atoms with Crippen LogP contribution >= 0.6 is 0 Å². The highest BCUT2D eigenvalue weighted by atomic mass is 16.5. The molecule has 1 N–H and O–H groups in total. The summed E-state index contributed by atoms with van der Waals surface area (Å²) >= 11 is 0. The first-order valence-electron chi connectivity index (χ1n) is 7.99. The molecule has 0 unspecified atom stereocenters. The maximum atomic E-state index is 12.9. The van der Waals surface area contributed by atoms with Gasteiger partial charge in [0.2, 0.25) is 5.91 Å². The first-order chi connectivity index (χ1) is 10.2. The molecule has 1 amide bonds. The van der Waals surface area contributed by atoms with Crippen LogP contribution in [0.15, 0.2) is 18.3 Å². The predicted molar refractivity (Wildman–Crippen MR) is 80.0 cm³/mol. The summed E-state index contributed by atoms with van der Waals surface area (Å²) in [7, 11) is 1.61. The normalized spacial score (nSPS) is 36.5. The van der Waals surface area contributed by atoms with Crippen molar-refractivity contribution in [2.75, 3.05) is 12.4 Å². The van der Waals surface area contributed by atoms with Crippen LogP contribution in [0.5, 0.6) is 5.75 Å². The van der Waals surface area contributed by atoms with Crippen LogP contribution in [0.1, 0.15) is 38.5 Å². The van der Waals surface area contributed by atoms with E-state index in [4.69, 9.17) is 4.74 Å². The Balaban J connectivity index is 1.57. The summed E-state index contributed by atoms with van der Waals surface area (Å²) in [5, 5.41) is 3.04. The zero-order chi connectivity index (χ0) is 14.4. The van der Waals surface area contributed by atoms with Crippen molar-refractivity contribution >= 4 is 11.7 Å². The van der Waals surface area contributed by atoms with Crippen LogP contribution in [-0.2, 0) is 4.79 Å². The molecule has 4 heteroatoms. The van der Waals surface area contributed by atoms with Gasteiger partial charge in [0.1, 0.15) is 0 Å². The molecule has 0 aromatic carbocycles. The van der Waals surface area contributed by atoms with Crippen molar-refractivity contribution in [2.45, 2.75) is 38.5 Å². The van der Waals surface area contributed by atoms with Crippen molar-refractivity contribution in [2.24, 2.45) is 23.2 Å². The highest BCUT2D eigenvalue weighted by Crippen LogP contribution is 2.60. The summed E-state index contributed by atoms with van der Waals surface area (Å²) in [6.45, 7) is 0. The summed E-state index contributed by atoms with van der Waals surface area (Å²) in [6.07, 6.45) is 8.94. The number of methoxy groups -OCH3 is 1. The number of anilines is 1. The smallest absolute Gasteiger partial charge is 0.231 e. The number of carbonyl (C=O) groups is 1. The molecule has 0 atom stereocenters. The Morgan fingerprint density at radius 3 is 2.43 bits per heavy atom. The predicted octanol–water partition coefficient (Wildman–Crippen LogP) is 3.25. The quantitative estimate of drug-likeness (QED) is 0.928. The number of carbonyl (C=O) groups excluding carboxylic acids is 1. The van der Waals surface area contributed by atoms with Crippen LogP contribution < -0.4 is 10.1 Å². The third-order valence-electron chi connectivity index (χ3n) is 5.74. The average molecular weight is 286 g/mol. The van der Waals surface area contributed by atoms with E-state index >= 15 is 0 Å². The molecule has 4 bridgehead atoms. The Bertz CT molecular complexity index is 534. The number of rotatable bonds is 3. The lowest BCUT2D eigenvalue weighted by Crippen LogP contribution is -2.51. The Morgan fingerprint density at radius 2 is 1.86 bits per heavy atom. The van der Waals surface area contributed by atoms with Crippen LogP contribution in [0.25, 0.3) is 0 Å². The number of pyridine rings is 1. The molecule has 4 fully saturated rings. The largest absolute Gasteiger partial charge is 0.493 e. The van der Waals surface area contributed by atoms with Crippen molar-refractivity contribution in [1.29, 1.82) is 0 Å². The van der Waals surface area contributed by atoms with E-state index in [9.17, 15) is 4.79 Å². The number of amides is 1. The third-order valence-corrected chi connectivity index (χ3v) is 5.74. The maximum absolute atomic E-state index is 12.9. The molecule has 1 aromatic rings. The number of nitrogens with zero attached hydrogens (tertiary/aromatic N) is 1. The SMILES string of the molecule is COc1cccnc1NC(=O)C12CC3CC(CC(C3)C1)C2. The number of hydrogen-bond donors (Lipinski definition) is 1. The fourth-order valence-corrected chi connectivity index (χ4v) is 5.28. The molecule has 4 nitrogen and oxygen atoms in total. The second-order valence-corrected chi connectivity index (χ2v) is 7.21. The molecular weight excluding hydrogens is 264 g/mol. The number of nitrogens with one attached hydrogen (secondary N) is 1. The highest BCUT2D eigenvalue weighted by molar-refractivity contribution is 5.96. The van der Waals surface area contributed by atoms with E-state index in [0.717, 1.165) is 37.0 Å². The molecule has 1 heterocycles. The number of aromatic nitrogens is 1. The number of ether oxygens (including phenoxy) is 1. The summed E-state index contributed by atoms with van der Waals surface area (Å²) in [4.78, 5) is 17.2. The number of hydrogen-bond acceptors (Lipinski definition) is 3. The van der Waals surface area contributed by atoms with Crippen molar-refractivity contribution in [3.05, 3.63) is 18.3 Å². The third kappa shape index (κ3) is 2.12. The van der Waals surface area contributed by atoms with E-state index in [1.54, 1.807) is 13.3 Å². The summed E-state index contributed by atoms with van der Waals surface area (Å²) in [6, 6.07) is 3.65. The van der Waals surface area contributed by atoms with Crippen LogP contribution in [0.3, 0.4) is 0 Å². The minimum absolute atomic E-state index is 0.142. The topological polar surface area (TPSA) is 51.2 Å². The van der Waals surface area contributed by atoms with Crippen molar-refractivity contribution in [3.63, 3.8) is 0 Å². The molecule has 0 saturated heterocycles. The first kappa shape index (κ1) is 13.1. The molecule has 21 heavy (non-hydrogen) atoms. The second-order valence-electron chi connectivity index (χ2n) is 7.21. The van der Waals surface area contributed by atoms with Crippen molar-refractivity contribution in [1.82, 2.24) is 4.98 Å². The minimum Gasteiger partial charge on any atom is -0.493 e. The molecule has 4 aliphatic carbocycles. The Morgan fingerprint density at radius 1 is 1.24 bits per heavy atom. The maximum Gasteiger partial charge on any atom is 0.231 e. The van der Waals surface area contributed by atoms with Gasteiger partial charge in [0.25, 0.3) is 0 Å². The van der Waals surface area contributed by atoms with Gasteiger partial charge in [-0.05, 0) is 68.4 Å². The molecule has 0 aliphatic heterocycles. The van der Waals surface area contributed by atoms with Gasteiger partial charge in [-0.2, -0.15) is 0 Å². The zero-order valence-corrected chi connectivity index (χ0v) is 12.5. The Kier molecular flexibility index (Phi) is 2.95. The molecular formula is C17H22N2O2. The second kappa shape index (κ2) is 4.72. The lowest BCUT2D eigenvalue weighted by atomic mass is 9.49. The van der Waals surface area contributed by atoms with Gasteiger partial charge in [-0.15, -0.1) is 0 Å². The van der Waals surface area contributed by atoms with Crippen LogP contribution in [-0.4, -0.2) is 18.0 Å². The summed E-state index contributed by atoms with van der Waals surface area (Å²) in [5.74, 6) is 3.67. The Labute approximate surface area is 125 Å². The summed E-state index contributed by atoms with van der Waals surface area (Å²) in [5.41, 5.74) is -0.142. The van der Waals surface area contributed by atoms with Crippen LogP contribution in [0.4, 0.5) is 5.82 Å². The molecule has 4 saturated carbocycles. The fourth-order valence-electron chi connectivity index (χ4n) is 5.28. The molecule has 5 rings (SSSR count). The lowest BCUT2D eigenvalue weighted by molar-refractivity contribution is -0.140.